The lowest BCUT2D eigenvalue weighted by Gasteiger charge is -2.32. The Kier molecular flexibility index (Phi) is 4.26. The van der Waals surface area contributed by atoms with Crippen molar-refractivity contribution in [2.75, 3.05) is 11.4 Å². The molecule has 1 heterocycles. The first-order chi connectivity index (χ1) is 12.6. The Morgan fingerprint density at radius 1 is 1.00 bits per heavy atom. The Bertz CT molecular complexity index is 1010. The van der Waals surface area contributed by atoms with Crippen molar-refractivity contribution in [1.82, 2.24) is 0 Å². The molecule has 1 aliphatic heterocycles. The number of rotatable bonds is 2. The van der Waals surface area contributed by atoms with Crippen LogP contribution in [0.5, 0.6) is 5.75 Å². The van der Waals surface area contributed by atoms with E-state index in [0.29, 0.717) is 17.0 Å². The van der Waals surface area contributed by atoms with Gasteiger partial charge in [-0.05, 0) is 6.07 Å². The van der Waals surface area contributed by atoms with Gasteiger partial charge in [0, 0.05) is 17.7 Å². The van der Waals surface area contributed by atoms with E-state index in [1.54, 1.807) is 0 Å². The maximum atomic E-state index is 14.3. The second kappa shape index (κ2) is 6.19. The van der Waals surface area contributed by atoms with Gasteiger partial charge in [-0.15, -0.1) is 6.42 Å². The summed E-state index contributed by atoms with van der Waals surface area (Å²) in [5.74, 6) is -9.89. The van der Waals surface area contributed by atoms with Crippen LogP contribution in [0.3, 0.4) is 0 Å². The van der Waals surface area contributed by atoms with Gasteiger partial charge in [0.25, 0.3) is 0 Å². The van der Waals surface area contributed by atoms with Gasteiger partial charge in [-0.2, -0.15) is 8.78 Å². The first kappa shape index (κ1) is 18.6. The van der Waals surface area contributed by atoms with Crippen LogP contribution in [0, 0.1) is 41.4 Å². The van der Waals surface area contributed by atoms with E-state index in [9.17, 15) is 35.5 Å². The van der Waals surface area contributed by atoms with Crippen LogP contribution in [0.2, 0.25) is 0 Å². The van der Waals surface area contributed by atoms with E-state index in [2.05, 4.69) is 4.74 Å². The third-order valence-electron chi connectivity index (χ3n) is 3.70. The molecule has 0 atom stereocenters. The molecule has 0 saturated carbocycles. The SMILES string of the molecule is C#CCN1C(=O)C(F)(F)Oc2cc(F)c(-c3c(F)cc(F)c(F)c3F)cc21. The molecule has 0 radical (unpaired) electrons. The highest BCUT2D eigenvalue weighted by molar-refractivity contribution is 6.02. The number of ether oxygens (including phenoxy) is 1. The molecule has 0 saturated heterocycles. The molecule has 3 rings (SSSR count). The normalized spacial score (nSPS) is 15.2. The number of terminal acetylenes is 1. The molecule has 0 aromatic heterocycles. The Hall–Kier alpha value is -3.22. The number of anilines is 1. The molecule has 0 unspecified atom stereocenters. The van der Waals surface area contributed by atoms with Crippen LogP contribution < -0.4 is 9.64 Å². The maximum absolute atomic E-state index is 14.3. The average Bonchev–Trinajstić information content (AvgIpc) is 2.58. The Morgan fingerprint density at radius 3 is 2.30 bits per heavy atom. The summed E-state index contributed by atoms with van der Waals surface area (Å²) >= 11 is 0. The Labute approximate surface area is 147 Å². The number of halogens is 7. The quantitative estimate of drug-likeness (QED) is 0.336. The summed E-state index contributed by atoms with van der Waals surface area (Å²) < 4.78 is 100. The molecule has 0 N–H and O–H groups in total. The highest BCUT2D eigenvalue weighted by Crippen LogP contribution is 2.43. The third-order valence-corrected chi connectivity index (χ3v) is 3.70. The fraction of sp³-hybridized carbons (Fsp3) is 0.118. The molecule has 1 amide bonds. The van der Waals surface area contributed by atoms with E-state index in [4.69, 9.17) is 6.42 Å². The largest absolute Gasteiger partial charge is 0.483 e. The lowest BCUT2D eigenvalue weighted by Crippen LogP contribution is -2.51. The number of benzene rings is 2. The van der Waals surface area contributed by atoms with Crippen molar-refractivity contribution in [2.45, 2.75) is 6.11 Å². The number of nitrogens with zero attached hydrogens (tertiary/aromatic N) is 1. The Balaban J connectivity index is 2.28. The number of fused-ring (bicyclic) bond motifs is 1. The third kappa shape index (κ3) is 2.85. The minimum absolute atomic E-state index is 0.0123. The summed E-state index contributed by atoms with van der Waals surface area (Å²) in [6.45, 7) is -0.696. The fourth-order valence-electron chi connectivity index (χ4n) is 2.54. The molecular weight excluding hydrogens is 383 g/mol. The number of hydrogen-bond donors (Lipinski definition) is 0. The van der Waals surface area contributed by atoms with E-state index in [1.807, 2.05) is 5.92 Å². The van der Waals surface area contributed by atoms with Crippen LogP contribution in [-0.2, 0) is 4.79 Å². The van der Waals surface area contributed by atoms with Crippen LogP contribution >= 0.6 is 0 Å². The fourth-order valence-corrected chi connectivity index (χ4v) is 2.54. The zero-order chi connectivity index (χ0) is 20.1. The first-order valence-corrected chi connectivity index (χ1v) is 7.07. The van der Waals surface area contributed by atoms with Crippen molar-refractivity contribution in [3.63, 3.8) is 0 Å². The molecule has 0 fully saturated rings. The molecule has 3 nitrogen and oxygen atoms in total. The van der Waals surface area contributed by atoms with Crippen LogP contribution in [-0.4, -0.2) is 18.6 Å². The van der Waals surface area contributed by atoms with Crippen LogP contribution in [0.15, 0.2) is 18.2 Å². The van der Waals surface area contributed by atoms with Crippen LogP contribution in [0.1, 0.15) is 0 Å². The predicted octanol–water partition coefficient (Wildman–Crippen LogP) is 4.00. The molecule has 0 aliphatic carbocycles. The summed E-state index contributed by atoms with van der Waals surface area (Å²) in [4.78, 5) is 12.1. The van der Waals surface area contributed by atoms with Gasteiger partial charge < -0.3 is 4.74 Å². The number of alkyl halides is 2. The maximum Gasteiger partial charge on any atom is 0.483 e. The molecule has 10 heteroatoms. The lowest BCUT2D eigenvalue weighted by molar-refractivity contribution is -0.192. The number of amides is 1. The molecule has 1 aliphatic rings. The molecule has 0 spiro atoms. The summed E-state index contributed by atoms with van der Waals surface area (Å²) in [5.41, 5.74) is -2.77. The van der Waals surface area contributed by atoms with Crippen LogP contribution in [0.4, 0.5) is 36.4 Å². The molecule has 27 heavy (non-hydrogen) atoms. The average molecular weight is 389 g/mol. The van der Waals surface area contributed by atoms with E-state index >= 15 is 0 Å². The smallest absolute Gasteiger partial charge is 0.423 e. The van der Waals surface area contributed by atoms with Gasteiger partial charge in [-0.1, -0.05) is 5.92 Å². The molecule has 2 aromatic carbocycles. The zero-order valence-corrected chi connectivity index (χ0v) is 12.9. The molecular formula is C17H6F7NO2. The second-order valence-electron chi connectivity index (χ2n) is 5.36. The van der Waals surface area contributed by atoms with E-state index in [0.717, 1.165) is 0 Å². The number of carbonyl (C=O) groups is 1. The van der Waals surface area contributed by atoms with Gasteiger partial charge >= 0.3 is 12.0 Å². The van der Waals surface area contributed by atoms with E-state index < -0.39 is 70.2 Å². The topological polar surface area (TPSA) is 29.5 Å². The zero-order valence-electron chi connectivity index (χ0n) is 12.9. The highest BCUT2D eigenvalue weighted by atomic mass is 19.3. The molecule has 2 aromatic rings. The minimum Gasteiger partial charge on any atom is -0.423 e. The van der Waals surface area contributed by atoms with Gasteiger partial charge in [0.15, 0.2) is 23.2 Å². The van der Waals surface area contributed by atoms with Crippen molar-refractivity contribution < 1.29 is 40.3 Å². The van der Waals surface area contributed by atoms with E-state index in [-0.39, 0.29) is 6.07 Å². The molecule has 0 bridgehead atoms. The number of carbonyl (C=O) groups excluding carboxylic acids is 1. The van der Waals surface area contributed by atoms with Gasteiger partial charge in [0.2, 0.25) is 0 Å². The predicted molar refractivity (Wildman–Crippen MR) is 78.4 cm³/mol. The van der Waals surface area contributed by atoms with Crippen molar-refractivity contribution in [3.05, 3.63) is 47.3 Å². The van der Waals surface area contributed by atoms with Crippen LogP contribution in [0.25, 0.3) is 11.1 Å². The number of hydrogen-bond acceptors (Lipinski definition) is 2. The summed E-state index contributed by atoms with van der Waals surface area (Å²) in [5, 5.41) is 0. The molecule has 140 valence electrons. The summed E-state index contributed by atoms with van der Waals surface area (Å²) in [7, 11) is 0. The highest BCUT2D eigenvalue weighted by Gasteiger charge is 2.50. The first-order valence-electron chi connectivity index (χ1n) is 7.07. The van der Waals surface area contributed by atoms with Crippen molar-refractivity contribution in [2.24, 2.45) is 0 Å². The van der Waals surface area contributed by atoms with Gasteiger partial charge in [0.1, 0.15) is 11.6 Å². The van der Waals surface area contributed by atoms with Gasteiger partial charge in [-0.25, -0.2) is 22.0 Å². The van der Waals surface area contributed by atoms with Crippen molar-refractivity contribution in [1.29, 1.82) is 0 Å². The second-order valence-corrected chi connectivity index (χ2v) is 5.36. The Morgan fingerprint density at radius 2 is 1.67 bits per heavy atom. The monoisotopic (exact) mass is 389 g/mol. The van der Waals surface area contributed by atoms with Gasteiger partial charge in [-0.3, -0.25) is 9.69 Å². The standard InChI is InChI=1S/C17H6F7NO2/c1-2-3-25-11-4-7(13-9(19)5-10(20)14(21)15(13)22)8(18)6-12(11)27-17(23,24)16(25)26/h1,4-6H,3H2. The van der Waals surface area contributed by atoms with Crippen molar-refractivity contribution in [3.8, 4) is 29.2 Å². The summed E-state index contributed by atoms with van der Waals surface area (Å²) in [6, 6.07) is 0.893. The summed E-state index contributed by atoms with van der Waals surface area (Å²) in [6.07, 6.45) is 0.665. The van der Waals surface area contributed by atoms with E-state index in [1.165, 1.54) is 0 Å². The van der Waals surface area contributed by atoms with Gasteiger partial charge in [0.05, 0.1) is 17.8 Å². The minimum atomic E-state index is -4.35. The lowest BCUT2D eigenvalue weighted by atomic mass is 10.0. The van der Waals surface area contributed by atoms with Crippen molar-refractivity contribution >= 4 is 11.6 Å².